The number of aromatic nitrogens is 2. The second-order valence-corrected chi connectivity index (χ2v) is 5.67. The molecule has 0 aliphatic heterocycles. The van der Waals surface area contributed by atoms with E-state index in [-0.39, 0.29) is 17.6 Å². The highest BCUT2D eigenvalue weighted by atomic mass is 79.9. The van der Waals surface area contributed by atoms with Crippen molar-refractivity contribution in [2.24, 2.45) is 5.92 Å². The number of halogens is 1. The van der Waals surface area contributed by atoms with Crippen molar-refractivity contribution in [1.29, 1.82) is 0 Å². The number of nitrogens with zero attached hydrogens (tertiary/aromatic N) is 1. The van der Waals surface area contributed by atoms with Crippen molar-refractivity contribution >= 4 is 15.9 Å². The Labute approximate surface area is 126 Å². The molecule has 0 saturated heterocycles. The van der Waals surface area contributed by atoms with Gasteiger partial charge in [-0.05, 0) is 21.8 Å². The summed E-state index contributed by atoms with van der Waals surface area (Å²) in [6, 6.07) is 9.61. The molecule has 0 radical (unpaired) electrons. The molecule has 0 aliphatic rings. The summed E-state index contributed by atoms with van der Waals surface area (Å²) >= 11 is 3.31. The first kappa shape index (κ1) is 14.9. The van der Waals surface area contributed by atoms with Gasteiger partial charge in [0, 0.05) is 12.7 Å². The Bertz CT molecular complexity index is 638. The average molecular weight is 337 g/mol. The summed E-state index contributed by atoms with van der Waals surface area (Å²) < 4.78 is 5.87. The Morgan fingerprint density at radius 3 is 2.45 bits per heavy atom. The van der Waals surface area contributed by atoms with E-state index in [4.69, 9.17) is 4.74 Å². The highest BCUT2D eigenvalue weighted by molar-refractivity contribution is 9.10. The maximum Gasteiger partial charge on any atom is 0.265 e. The topological polar surface area (TPSA) is 55.0 Å². The van der Waals surface area contributed by atoms with Crippen molar-refractivity contribution in [3.05, 3.63) is 51.0 Å². The molecule has 0 spiro atoms. The first-order valence-corrected chi connectivity index (χ1v) is 7.21. The van der Waals surface area contributed by atoms with E-state index in [1.807, 2.05) is 44.2 Å². The first-order chi connectivity index (χ1) is 9.54. The van der Waals surface area contributed by atoms with Crippen LogP contribution in [-0.2, 0) is 4.74 Å². The van der Waals surface area contributed by atoms with Crippen LogP contribution in [0.2, 0.25) is 0 Å². The zero-order chi connectivity index (χ0) is 14.7. The molecule has 2 rings (SSSR count). The van der Waals surface area contributed by atoms with Crippen LogP contribution in [0.25, 0.3) is 11.3 Å². The van der Waals surface area contributed by atoms with E-state index in [0.717, 1.165) is 5.56 Å². The van der Waals surface area contributed by atoms with Crippen molar-refractivity contribution in [1.82, 2.24) is 9.97 Å². The van der Waals surface area contributed by atoms with Gasteiger partial charge in [0.25, 0.3) is 5.56 Å². The van der Waals surface area contributed by atoms with Crippen LogP contribution in [-0.4, -0.2) is 17.1 Å². The van der Waals surface area contributed by atoms with Gasteiger partial charge in [-0.15, -0.1) is 0 Å². The first-order valence-electron chi connectivity index (χ1n) is 6.42. The fourth-order valence-corrected chi connectivity index (χ4v) is 2.51. The minimum absolute atomic E-state index is 0.198. The highest BCUT2D eigenvalue weighted by Crippen LogP contribution is 2.27. The fourth-order valence-electron chi connectivity index (χ4n) is 2.10. The Morgan fingerprint density at radius 2 is 1.90 bits per heavy atom. The molecule has 106 valence electrons. The quantitative estimate of drug-likeness (QED) is 0.928. The van der Waals surface area contributed by atoms with E-state index >= 15 is 0 Å². The number of methoxy groups -OCH3 is 1. The largest absolute Gasteiger partial charge is 0.373 e. The third kappa shape index (κ3) is 2.99. The Balaban J connectivity index is 2.59. The summed E-state index contributed by atoms with van der Waals surface area (Å²) in [5.74, 6) is 0.766. The molecule has 1 unspecified atom stereocenters. The van der Waals surface area contributed by atoms with E-state index in [0.29, 0.717) is 16.0 Å². The molecule has 1 N–H and O–H groups in total. The Morgan fingerprint density at radius 1 is 1.25 bits per heavy atom. The highest BCUT2D eigenvalue weighted by Gasteiger charge is 2.20. The number of nitrogens with one attached hydrogen (secondary N) is 1. The van der Waals surface area contributed by atoms with Crippen molar-refractivity contribution in [3.8, 4) is 11.3 Å². The third-order valence-electron chi connectivity index (χ3n) is 3.06. The van der Waals surface area contributed by atoms with E-state index in [9.17, 15) is 4.79 Å². The zero-order valence-electron chi connectivity index (χ0n) is 11.7. The molecule has 20 heavy (non-hydrogen) atoms. The predicted octanol–water partition coefficient (Wildman–Crippen LogP) is 3.54. The Kier molecular flexibility index (Phi) is 4.73. The van der Waals surface area contributed by atoms with Gasteiger partial charge in [-0.25, -0.2) is 4.98 Å². The van der Waals surface area contributed by atoms with Gasteiger partial charge in [0.1, 0.15) is 16.4 Å². The second-order valence-electron chi connectivity index (χ2n) is 4.88. The van der Waals surface area contributed by atoms with Crippen LogP contribution >= 0.6 is 15.9 Å². The van der Waals surface area contributed by atoms with Gasteiger partial charge in [0.2, 0.25) is 0 Å². The van der Waals surface area contributed by atoms with Crippen LogP contribution in [0.3, 0.4) is 0 Å². The molecule has 0 fully saturated rings. The monoisotopic (exact) mass is 336 g/mol. The van der Waals surface area contributed by atoms with Gasteiger partial charge in [0.15, 0.2) is 0 Å². The molecule has 1 atom stereocenters. The number of H-pyrrole nitrogens is 1. The molecule has 1 aromatic heterocycles. The van der Waals surface area contributed by atoms with Gasteiger partial charge < -0.3 is 9.72 Å². The van der Waals surface area contributed by atoms with E-state index < -0.39 is 0 Å². The molecule has 0 bridgehead atoms. The van der Waals surface area contributed by atoms with Crippen molar-refractivity contribution < 1.29 is 4.74 Å². The van der Waals surface area contributed by atoms with E-state index in [2.05, 4.69) is 25.9 Å². The maximum absolute atomic E-state index is 12.1. The summed E-state index contributed by atoms with van der Waals surface area (Å²) in [4.78, 5) is 19.4. The number of aromatic amines is 1. The number of hydrogen-bond acceptors (Lipinski definition) is 3. The molecule has 1 heterocycles. The molecule has 0 aliphatic carbocycles. The van der Waals surface area contributed by atoms with E-state index in [1.165, 1.54) is 0 Å². The lowest BCUT2D eigenvalue weighted by Gasteiger charge is -2.19. The van der Waals surface area contributed by atoms with Crippen molar-refractivity contribution in [2.75, 3.05) is 7.11 Å². The van der Waals surface area contributed by atoms with Gasteiger partial charge in [0.05, 0.1) is 5.69 Å². The van der Waals surface area contributed by atoms with Crippen molar-refractivity contribution in [2.45, 2.75) is 20.0 Å². The number of hydrogen-bond donors (Lipinski definition) is 1. The van der Waals surface area contributed by atoms with Crippen LogP contribution in [0.5, 0.6) is 0 Å². The number of ether oxygens (including phenoxy) is 1. The smallest absolute Gasteiger partial charge is 0.265 e. The average Bonchev–Trinajstić information content (AvgIpc) is 2.43. The fraction of sp³-hybridized carbons (Fsp3) is 0.333. The third-order valence-corrected chi connectivity index (χ3v) is 3.79. The van der Waals surface area contributed by atoms with Crippen LogP contribution in [0, 0.1) is 5.92 Å². The van der Waals surface area contributed by atoms with Crippen LogP contribution in [0.4, 0.5) is 0 Å². The predicted molar refractivity (Wildman–Crippen MR) is 82.6 cm³/mol. The molecular formula is C15H17BrN2O2. The molecule has 5 heteroatoms. The van der Waals surface area contributed by atoms with Gasteiger partial charge >= 0.3 is 0 Å². The molecule has 0 amide bonds. The number of rotatable bonds is 4. The van der Waals surface area contributed by atoms with E-state index in [1.54, 1.807) is 7.11 Å². The summed E-state index contributed by atoms with van der Waals surface area (Å²) in [7, 11) is 1.62. The second kappa shape index (κ2) is 6.33. The number of benzene rings is 1. The van der Waals surface area contributed by atoms with Crippen LogP contribution < -0.4 is 5.56 Å². The van der Waals surface area contributed by atoms with Gasteiger partial charge in [-0.3, -0.25) is 4.79 Å². The summed E-state index contributed by atoms with van der Waals surface area (Å²) in [6.07, 6.45) is -0.238. The molecule has 1 aromatic carbocycles. The molecule has 4 nitrogen and oxygen atoms in total. The van der Waals surface area contributed by atoms with Crippen LogP contribution in [0.1, 0.15) is 25.8 Å². The van der Waals surface area contributed by atoms with Crippen LogP contribution in [0.15, 0.2) is 39.6 Å². The van der Waals surface area contributed by atoms with Gasteiger partial charge in [-0.2, -0.15) is 0 Å². The normalized spacial score (nSPS) is 12.7. The molecule has 0 saturated carbocycles. The molecule has 2 aromatic rings. The standard InChI is InChI=1S/C15H17BrN2O2/c1-9(2)13(20-3)14-17-12(11(16)15(19)18-14)10-7-5-4-6-8-10/h4-9,13H,1-3H3,(H,17,18,19). The van der Waals surface area contributed by atoms with Gasteiger partial charge in [-0.1, -0.05) is 44.2 Å². The summed E-state index contributed by atoms with van der Waals surface area (Å²) in [6.45, 7) is 4.05. The lowest BCUT2D eigenvalue weighted by molar-refractivity contribution is 0.0573. The SMILES string of the molecule is COC(c1nc(-c2ccccc2)c(Br)c(=O)[nH]1)C(C)C. The zero-order valence-corrected chi connectivity index (χ0v) is 13.3. The van der Waals surface area contributed by atoms with Crippen molar-refractivity contribution in [3.63, 3.8) is 0 Å². The Hall–Kier alpha value is -1.46. The lowest BCUT2D eigenvalue weighted by atomic mass is 10.1. The minimum atomic E-state index is -0.238. The maximum atomic E-state index is 12.1. The molecular weight excluding hydrogens is 320 g/mol. The summed E-state index contributed by atoms with van der Waals surface area (Å²) in [5, 5.41) is 0. The minimum Gasteiger partial charge on any atom is -0.373 e. The lowest BCUT2D eigenvalue weighted by Crippen LogP contribution is -2.20. The summed E-state index contributed by atoms with van der Waals surface area (Å²) in [5.41, 5.74) is 1.33.